The average molecular weight is 364 g/mol. The molecule has 7 nitrogen and oxygen atoms in total. The molecule has 0 heterocycles. The van der Waals surface area contributed by atoms with E-state index in [2.05, 4.69) is 5.32 Å². The predicted octanol–water partition coefficient (Wildman–Crippen LogP) is 2.51. The Kier molecular flexibility index (Phi) is 6.26. The first-order valence-electron chi connectivity index (χ1n) is 8.63. The van der Waals surface area contributed by atoms with Gasteiger partial charge in [0.2, 0.25) is 0 Å². The highest BCUT2D eigenvalue weighted by atomic mass is 16.7. The standard InChI is InChI=1S/C19H28N2O5/c1-18(2,3)26-17(23)20-19(16(22)21(4)24-5)11-15(19)13-25-12-14-9-7-6-8-10-14/h6-10,15H,11-13H2,1-5H3,(H,20,23)/t15-,19-/m1/s1. The third-order valence-corrected chi connectivity index (χ3v) is 4.20. The van der Waals surface area contributed by atoms with Gasteiger partial charge in [-0.05, 0) is 32.8 Å². The van der Waals surface area contributed by atoms with E-state index in [1.54, 1.807) is 20.8 Å². The number of nitrogens with one attached hydrogen (secondary N) is 1. The Hall–Kier alpha value is -2.12. The minimum absolute atomic E-state index is 0.135. The molecule has 2 rings (SSSR count). The Morgan fingerprint density at radius 3 is 2.50 bits per heavy atom. The van der Waals surface area contributed by atoms with Gasteiger partial charge in [-0.15, -0.1) is 0 Å². The van der Waals surface area contributed by atoms with Crippen molar-refractivity contribution in [3.05, 3.63) is 35.9 Å². The summed E-state index contributed by atoms with van der Waals surface area (Å²) >= 11 is 0. The van der Waals surface area contributed by atoms with Crippen molar-refractivity contribution in [1.29, 1.82) is 0 Å². The molecule has 0 unspecified atom stereocenters. The molecule has 1 aliphatic carbocycles. The van der Waals surface area contributed by atoms with E-state index in [4.69, 9.17) is 14.3 Å². The molecule has 0 radical (unpaired) electrons. The predicted molar refractivity (Wildman–Crippen MR) is 96.1 cm³/mol. The van der Waals surface area contributed by atoms with Crippen LogP contribution in [0.3, 0.4) is 0 Å². The highest BCUT2D eigenvalue weighted by Crippen LogP contribution is 2.45. The summed E-state index contributed by atoms with van der Waals surface area (Å²) in [6, 6.07) is 9.79. The van der Waals surface area contributed by atoms with Crippen LogP contribution in [0.5, 0.6) is 0 Å². The van der Waals surface area contributed by atoms with Crippen LogP contribution in [0.15, 0.2) is 30.3 Å². The van der Waals surface area contributed by atoms with Crippen LogP contribution in [0.25, 0.3) is 0 Å². The van der Waals surface area contributed by atoms with Gasteiger partial charge in [0, 0.05) is 13.0 Å². The summed E-state index contributed by atoms with van der Waals surface area (Å²) in [5.74, 6) is -0.456. The number of rotatable bonds is 7. The Morgan fingerprint density at radius 1 is 1.27 bits per heavy atom. The molecule has 1 saturated carbocycles. The molecule has 0 aromatic heterocycles. The van der Waals surface area contributed by atoms with Gasteiger partial charge < -0.3 is 14.8 Å². The van der Waals surface area contributed by atoms with E-state index in [1.807, 2.05) is 30.3 Å². The molecule has 2 atom stereocenters. The van der Waals surface area contributed by atoms with Gasteiger partial charge in [0.25, 0.3) is 5.91 Å². The second-order valence-electron chi connectivity index (χ2n) is 7.49. The van der Waals surface area contributed by atoms with Crippen molar-refractivity contribution in [1.82, 2.24) is 10.4 Å². The SMILES string of the molecule is CON(C)C(=O)[C@@]1(NC(=O)OC(C)(C)C)C[C@@H]1COCc1ccccc1. The van der Waals surface area contributed by atoms with E-state index in [0.717, 1.165) is 10.6 Å². The summed E-state index contributed by atoms with van der Waals surface area (Å²) < 4.78 is 11.0. The number of benzene rings is 1. The number of hydrogen-bond donors (Lipinski definition) is 1. The number of ether oxygens (including phenoxy) is 2. The molecule has 144 valence electrons. The molecule has 1 aromatic rings. The van der Waals surface area contributed by atoms with E-state index >= 15 is 0 Å². The molecule has 26 heavy (non-hydrogen) atoms. The second kappa shape index (κ2) is 8.05. The zero-order valence-corrected chi connectivity index (χ0v) is 16.1. The Balaban J connectivity index is 1.97. The largest absolute Gasteiger partial charge is 0.444 e. The van der Waals surface area contributed by atoms with Crippen LogP contribution in [0.2, 0.25) is 0 Å². The first-order valence-corrected chi connectivity index (χ1v) is 8.63. The van der Waals surface area contributed by atoms with Crippen LogP contribution in [0.1, 0.15) is 32.8 Å². The summed E-state index contributed by atoms with van der Waals surface area (Å²) in [6.45, 7) is 6.13. The number of hydroxylamine groups is 2. The number of carbonyl (C=O) groups excluding carboxylic acids is 2. The van der Waals surface area contributed by atoms with E-state index in [1.165, 1.54) is 14.2 Å². The minimum atomic E-state index is -1.05. The number of hydrogen-bond acceptors (Lipinski definition) is 5. The van der Waals surface area contributed by atoms with Gasteiger partial charge in [-0.3, -0.25) is 9.63 Å². The molecule has 0 bridgehead atoms. The fourth-order valence-corrected chi connectivity index (χ4v) is 2.74. The van der Waals surface area contributed by atoms with Gasteiger partial charge in [0.1, 0.15) is 11.1 Å². The molecule has 1 aliphatic rings. The molecule has 1 aromatic carbocycles. The number of carbonyl (C=O) groups is 2. The lowest BCUT2D eigenvalue weighted by Crippen LogP contribution is -2.52. The molecule has 0 aliphatic heterocycles. The summed E-state index contributed by atoms with van der Waals surface area (Å²) in [5.41, 5.74) is -0.640. The lowest BCUT2D eigenvalue weighted by Gasteiger charge is -2.26. The van der Waals surface area contributed by atoms with Gasteiger partial charge in [-0.1, -0.05) is 30.3 Å². The maximum Gasteiger partial charge on any atom is 0.408 e. The first-order chi connectivity index (χ1) is 12.2. The van der Waals surface area contributed by atoms with Crippen LogP contribution in [-0.4, -0.2) is 49.0 Å². The third-order valence-electron chi connectivity index (χ3n) is 4.20. The first kappa shape index (κ1) is 20.2. The zero-order valence-electron chi connectivity index (χ0n) is 16.1. The summed E-state index contributed by atoms with van der Waals surface area (Å²) in [6.07, 6.45) is -0.144. The van der Waals surface area contributed by atoms with Gasteiger partial charge in [0.15, 0.2) is 0 Å². The molecule has 0 saturated heterocycles. The maximum absolute atomic E-state index is 12.7. The molecular formula is C19H28N2O5. The Labute approximate surface area is 154 Å². The number of alkyl carbamates (subject to hydrolysis) is 1. The van der Waals surface area contributed by atoms with Crippen LogP contribution in [-0.2, 0) is 25.7 Å². The quantitative estimate of drug-likeness (QED) is 0.752. The average Bonchev–Trinajstić information content (AvgIpc) is 3.26. The van der Waals surface area contributed by atoms with Crippen LogP contribution < -0.4 is 5.32 Å². The van der Waals surface area contributed by atoms with Gasteiger partial charge in [0.05, 0.1) is 20.3 Å². The second-order valence-corrected chi connectivity index (χ2v) is 7.49. The minimum Gasteiger partial charge on any atom is -0.444 e. The third kappa shape index (κ3) is 5.19. The van der Waals surface area contributed by atoms with E-state index < -0.39 is 17.2 Å². The van der Waals surface area contributed by atoms with Crippen LogP contribution in [0, 0.1) is 5.92 Å². The van der Waals surface area contributed by atoms with Crippen LogP contribution in [0.4, 0.5) is 4.79 Å². The molecular weight excluding hydrogens is 336 g/mol. The Bertz CT molecular complexity index is 629. The topological polar surface area (TPSA) is 77.1 Å². The summed E-state index contributed by atoms with van der Waals surface area (Å²) in [4.78, 5) is 29.9. The van der Waals surface area contributed by atoms with Crippen LogP contribution >= 0.6 is 0 Å². The maximum atomic E-state index is 12.7. The molecule has 1 N–H and O–H groups in total. The van der Waals surface area contributed by atoms with E-state index in [9.17, 15) is 9.59 Å². The van der Waals surface area contributed by atoms with Crippen molar-refractivity contribution in [2.45, 2.75) is 44.9 Å². The smallest absolute Gasteiger partial charge is 0.408 e. The van der Waals surface area contributed by atoms with Crippen molar-refractivity contribution in [3.8, 4) is 0 Å². The van der Waals surface area contributed by atoms with Gasteiger partial charge in [-0.2, -0.15) is 0 Å². The normalized spacial score (nSPS) is 21.8. The Morgan fingerprint density at radius 2 is 1.92 bits per heavy atom. The lowest BCUT2D eigenvalue weighted by molar-refractivity contribution is -0.173. The molecule has 7 heteroatoms. The fraction of sp³-hybridized carbons (Fsp3) is 0.579. The summed E-state index contributed by atoms with van der Waals surface area (Å²) in [5, 5.41) is 3.84. The zero-order chi connectivity index (χ0) is 19.4. The van der Waals surface area contributed by atoms with Crippen molar-refractivity contribution in [2.24, 2.45) is 5.92 Å². The van der Waals surface area contributed by atoms with Crippen molar-refractivity contribution >= 4 is 12.0 Å². The van der Waals surface area contributed by atoms with Gasteiger partial charge >= 0.3 is 6.09 Å². The fourth-order valence-electron chi connectivity index (χ4n) is 2.74. The van der Waals surface area contributed by atoms with Crippen molar-refractivity contribution in [3.63, 3.8) is 0 Å². The number of amides is 2. The lowest BCUT2D eigenvalue weighted by atomic mass is 10.2. The molecule has 1 fully saturated rings. The molecule has 0 spiro atoms. The highest BCUT2D eigenvalue weighted by Gasteiger charge is 2.63. The summed E-state index contributed by atoms with van der Waals surface area (Å²) in [7, 11) is 2.92. The van der Waals surface area contributed by atoms with Crippen molar-refractivity contribution in [2.75, 3.05) is 20.8 Å². The number of nitrogens with zero attached hydrogens (tertiary/aromatic N) is 1. The monoisotopic (exact) mass is 364 g/mol. The van der Waals surface area contributed by atoms with E-state index in [-0.39, 0.29) is 11.8 Å². The van der Waals surface area contributed by atoms with Crippen molar-refractivity contribution < 1.29 is 23.9 Å². The van der Waals surface area contributed by atoms with Gasteiger partial charge in [-0.25, -0.2) is 9.86 Å². The number of likely N-dealkylation sites (N-methyl/N-ethyl adjacent to an activating group) is 1. The van der Waals surface area contributed by atoms with E-state index in [0.29, 0.717) is 19.6 Å². The highest BCUT2D eigenvalue weighted by molar-refractivity contribution is 5.93. The molecule has 2 amide bonds.